The van der Waals surface area contributed by atoms with E-state index >= 15 is 0 Å². The molecular formula is C25H42N2O2. The zero-order chi connectivity index (χ0) is 21.6. The van der Waals surface area contributed by atoms with Crippen molar-refractivity contribution in [1.29, 1.82) is 0 Å². The van der Waals surface area contributed by atoms with Crippen LogP contribution in [0.25, 0.3) is 0 Å². The lowest BCUT2D eigenvalue weighted by Crippen LogP contribution is -2.48. The molecule has 2 amide bonds. The Labute approximate surface area is 178 Å². The van der Waals surface area contributed by atoms with Crippen molar-refractivity contribution in [3.63, 3.8) is 0 Å². The van der Waals surface area contributed by atoms with E-state index in [1.165, 1.54) is 16.7 Å². The van der Waals surface area contributed by atoms with Gasteiger partial charge >= 0.3 is 0 Å². The molecule has 1 heterocycles. The highest BCUT2D eigenvalue weighted by molar-refractivity contribution is 5.76. The summed E-state index contributed by atoms with van der Waals surface area (Å²) in [5, 5.41) is 0. The fourth-order valence-corrected chi connectivity index (χ4v) is 3.56. The van der Waals surface area contributed by atoms with Crippen molar-refractivity contribution in [2.45, 2.75) is 79.6 Å². The summed E-state index contributed by atoms with van der Waals surface area (Å²) < 4.78 is 0. The second-order valence-corrected chi connectivity index (χ2v) is 8.87. The molecular weight excluding hydrogens is 360 g/mol. The van der Waals surface area contributed by atoms with Crippen LogP contribution in [-0.4, -0.2) is 48.3 Å². The van der Waals surface area contributed by atoms with Gasteiger partial charge in [-0.25, -0.2) is 0 Å². The quantitative estimate of drug-likeness (QED) is 0.319. The van der Waals surface area contributed by atoms with Gasteiger partial charge in [-0.05, 0) is 72.1 Å². The lowest BCUT2D eigenvalue weighted by molar-refractivity contribution is -0.136. The van der Waals surface area contributed by atoms with E-state index in [9.17, 15) is 9.59 Å². The van der Waals surface area contributed by atoms with Crippen LogP contribution in [0.5, 0.6) is 0 Å². The summed E-state index contributed by atoms with van der Waals surface area (Å²) in [6.45, 7) is 13.6. The summed E-state index contributed by atoms with van der Waals surface area (Å²) in [7, 11) is 0. The molecule has 1 saturated heterocycles. The predicted octanol–water partition coefficient (Wildman–Crippen LogP) is 5.51. The van der Waals surface area contributed by atoms with Crippen LogP contribution in [0.4, 0.5) is 0 Å². The van der Waals surface area contributed by atoms with Gasteiger partial charge in [0.1, 0.15) is 0 Å². The molecule has 4 heteroatoms. The average Bonchev–Trinajstić information content (AvgIpc) is 2.67. The first-order chi connectivity index (χ1) is 13.8. The molecule has 1 aliphatic rings. The van der Waals surface area contributed by atoms with Crippen molar-refractivity contribution in [1.82, 2.24) is 9.80 Å². The average molecular weight is 403 g/mol. The Bertz CT molecular complexity index is 592. The van der Waals surface area contributed by atoms with Gasteiger partial charge < -0.3 is 9.80 Å². The van der Waals surface area contributed by atoms with Crippen LogP contribution in [0, 0.1) is 5.92 Å². The second kappa shape index (κ2) is 14.2. The van der Waals surface area contributed by atoms with Crippen molar-refractivity contribution in [2.75, 3.05) is 26.2 Å². The zero-order valence-electron chi connectivity index (χ0n) is 19.4. The maximum atomic E-state index is 12.4. The van der Waals surface area contributed by atoms with Gasteiger partial charge in [0, 0.05) is 32.6 Å². The van der Waals surface area contributed by atoms with Gasteiger partial charge in [0.2, 0.25) is 12.3 Å². The minimum Gasteiger partial charge on any atom is -0.342 e. The van der Waals surface area contributed by atoms with Gasteiger partial charge in [-0.15, -0.1) is 0 Å². The predicted molar refractivity (Wildman–Crippen MR) is 123 cm³/mol. The molecule has 0 bridgehead atoms. The number of hydrogen-bond acceptors (Lipinski definition) is 2. The number of carbonyl (C=O) groups is 2. The van der Waals surface area contributed by atoms with E-state index in [1.807, 2.05) is 4.90 Å². The lowest BCUT2D eigenvalue weighted by atomic mass is 9.99. The van der Waals surface area contributed by atoms with Gasteiger partial charge in [-0.2, -0.15) is 0 Å². The number of allylic oxidation sites excluding steroid dienone is 6. The van der Waals surface area contributed by atoms with Crippen molar-refractivity contribution in [2.24, 2.45) is 5.92 Å². The highest BCUT2D eigenvalue weighted by Gasteiger charge is 2.21. The smallest absolute Gasteiger partial charge is 0.222 e. The highest BCUT2D eigenvalue weighted by atomic mass is 16.2. The summed E-state index contributed by atoms with van der Waals surface area (Å²) in [4.78, 5) is 26.8. The number of piperazine rings is 1. The number of amides is 2. The molecule has 4 nitrogen and oxygen atoms in total. The SMILES string of the molecule is CC(C)=CCCC(C)=CCCC(C)=CCCC(C)CC(=O)N1CCN(C=O)CC1. The second-order valence-electron chi connectivity index (χ2n) is 8.87. The molecule has 0 aliphatic carbocycles. The Kier molecular flexibility index (Phi) is 12.3. The minimum atomic E-state index is 0.234. The van der Waals surface area contributed by atoms with Gasteiger partial charge in [0.15, 0.2) is 0 Å². The maximum absolute atomic E-state index is 12.4. The Morgan fingerprint density at radius 1 is 0.862 bits per heavy atom. The van der Waals surface area contributed by atoms with Crippen LogP contribution >= 0.6 is 0 Å². The molecule has 0 N–H and O–H groups in total. The third-order valence-electron chi connectivity index (χ3n) is 5.61. The van der Waals surface area contributed by atoms with E-state index in [-0.39, 0.29) is 5.91 Å². The molecule has 1 fully saturated rings. The molecule has 29 heavy (non-hydrogen) atoms. The van der Waals surface area contributed by atoms with Crippen molar-refractivity contribution >= 4 is 12.3 Å². The first-order valence-corrected chi connectivity index (χ1v) is 11.2. The Morgan fingerprint density at radius 3 is 1.97 bits per heavy atom. The largest absolute Gasteiger partial charge is 0.342 e. The monoisotopic (exact) mass is 402 g/mol. The Morgan fingerprint density at radius 2 is 1.41 bits per heavy atom. The van der Waals surface area contributed by atoms with Gasteiger partial charge in [-0.3, -0.25) is 9.59 Å². The lowest BCUT2D eigenvalue weighted by Gasteiger charge is -2.33. The van der Waals surface area contributed by atoms with Crippen LogP contribution in [-0.2, 0) is 9.59 Å². The summed E-state index contributed by atoms with van der Waals surface area (Å²) in [5.74, 6) is 0.630. The maximum Gasteiger partial charge on any atom is 0.222 e. The third kappa shape index (κ3) is 11.7. The summed E-state index contributed by atoms with van der Waals surface area (Å²) in [6, 6.07) is 0. The van der Waals surface area contributed by atoms with Gasteiger partial charge in [0.05, 0.1) is 0 Å². The first-order valence-electron chi connectivity index (χ1n) is 11.2. The summed E-state index contributed by atoms with van der Waals surface area (Å²) >= 11 is 0. The highest BCUT2D eigenvalue weighted by Crippen LogP contribution is 2.16. The van der Waals surface area contributed by atoms with Crippen LogP contribution in [0.3, 0.4) is 0 Å². The van der Waals surface area contributed by atoms with Crippen molar-refractivity contribution in [3.05, 3.63) is 34.9 Å². The van der Waals surface area contributed by atoms with E-state index in [0.717, 1.165) is 44.9 Å². The van der Waals surface area contributed by atoms with E-state index < -0.39 is 0 Å². The van der Waals surface area contributed by atoms with Crippen molar-refractivity contribution < 1.29 is 9.59 Å². The van der Waals surface area contributed by atoms with Gasteiger partial charge in [0.25, 0.3) is 0 Å². The molecule has 164 valence electrons. The van der Waals surface area contributed by atoms with Crippen LogP contribution < -0.4 is 0 Å². The minimum absolute atomic E-state index is 0.234. The summed E-state index contributed by atoms with van der Waals surface area (Å²) in [5.41, 5.74) is 4.33. The molecule has 1 rings (SSSR count). The third-order valence-corrected chi connectivity index (χ3v) is 5.61. The molecule has 1 aliphatic heterocycles. The molecule has 0 aromatic carbocycles. The molecule has 0 saturated carbocycles. The standard InChI is InChI=1S/C25H42N2O2/c1-21(2)9-6-10-22(3)11-7-12-23(4)13-8-14-24(5)19-25(29)27-17-15-26(20-28)16-18-27/h9,11,13,20,24H,6-8,10,12,14-19H2,1-5H3. The van der Waals surface area contributed by atoms with Crippen LogP contribution in [0.1, 0.15) is 79.6 Å². The van der Waals surface area contributed by atoms with Crippen LogP contribution in [0.15, 0.2) is 34.9 Å². The fourth-order valence-electron chi connectivity index (χ4n) is 3.56. The van der Waals surface area contributed by atoms with E-state index in [0.29, 0.717) is 38.5 Å². The normalized spacial score (nSPS) is 16.6. The molecule has 0 spiro atoms. The van der Waals surface area contributed by atoms with Crippen LogP contribution in [0.2, 0.25) is 0 Å². The number of carbonyl (C=O) groups excluding carboxylic acids is 2. The van der Waals surface area contributed by atoms with E-state index in [2.05, 4.69) is 52.8 Å². The molecule has 0 aromatic rings. The van der Waals surface area contributed by atoms with Crippen molar-refractivity contribution in [3.8, 4) is 0 Å². The molecule has 1 atom stereocenters. The van der Waals surface area contributed by atoms with Gasteiger partial charge in [-0.1, -0.05) is 41.9 Å². The Hall–Kier alpha value is -1.84. The zero-order valence-corrected chi connectivity index (χ0v) is 19.4. The number of hydrogen-bond donors (Lipinski definition) is 0. The fraction of sp³-hybridized carbons (Fsp3) is 0.680. The number of rotatable bonds is 12. The first kappa shape index (κ1) is 25.2. The number of nitrogens with zero attached hydrogens (tertiary/aromatic N) is 2. The molecule has 1 unspecified atom stereocenters. The molecule has 0 aromatic heterocycles. The topological polar surface area (TPSA) is 40.6 Å². The Balaban J connectivity index is 2.22. The van der Waals surface area contributed by atoms with E-state index in [1.54, 1.807) is 4.90 Å². The van der Waals surface area contributed by atoms with E-state index in [4.69, 9.17) is 0 Å². The molecule has 0 radical (unpaired) electrons. The summed E-state index contributed by atoms with van der Waals surface area (Å²) in [6.07, 6.45) is 15.1.